The quantitative estimate of drug-likeness (QED) is 0.239. The molecule has 1 fully saturated rings. The summed E-state index contributed by atoms with van der Waals surface area (Å²) in [5.74, 6) is 1.83. The maximum Gasteiger partial charge on any atom is 0.409 e. The fourth-order valence-corrected chi connectivity index (χ4v) is 2.83. The van der Waals surface area contributed by atoms with Crippen molar-refractivity contribution in [2.24, 2.45) is 4.99 Å². The van der Waals surface area contributed by atoms with Gasteiger partial charge in [0, 0.05) is 58.9 Å². The van der Waals surface area contributed by atoms with Gasteiger partial charge < -0.3 is 29.0 Å². The predicted molar refractivity (Wildman–Crippen MR) is 119 cm³/mol. The van der Waals surface area contributed by atoms with E-state index in [2.05, 4.69) is 10.2 Å². The van der Waals surface area contributed by atoms with Crippen LogP contribution in [0.4, 0.5) is 4.79 Å². The van der Waals surface area contributed by atoms with Crippen molar-refractivity contribution in [2.75, 3.05) is 59.1 Å². The highest BCUT2D eigenvalue weighted by Crippen LogP contribution is 2.05. The number of hydrogen-bond acceptors (Lipinski definition) is 5. The Bertz CT molecular complexity index is 560. The van der Waals surface area contributed by atoms with Gasteiger partial charge in [-0.05, 0) is 32.4 Å². The summed E-state index contributed by atoms with van der Waals surface area (Å²) in [5, 5.41) is 3.43. The first-order chi connectivity index (χ1) is 13.2. The number of piperazine rings is 1. The Morgan fingerprint density at radius 1 is 1.21 bits per heavy atom. The van der Waals surface area contributed by atoms with Crippen molar-refractivity contribution in [2.45, 2.75) is 26.7 Å². The van der Waals surface area contributed by atoms with Gasteiger partial charge in [-0.15, -0.1) is 24.0 Å². The highest BCUT2D eigenvalue weighted by atomic mass is 127. The lowest BCUT2D eigenvalue weighted by Gasteiger charge is -2.36. The zero-order chi connectivity index (χ0) is 19.3. The van der Waals surface area contributed by atoms with Gasteiger partial charge in [-0.3, -0.25) is 4.99 Å². The fourth-order valence-electron chi connectivity index (χ4n) is 2.83. The Morgan fingerprint density at radius 3 is 2.61 bits per heavy atom. The van der Waals surface area contributed by atoms with Gasteiger partial charge in [-0.2, -0.15) is 0 Å². The van der Waals surface area contributed by atoms with Gasteiger partial charge in [-0.1, -0.05) is 0 Å². The average Bonchev–Trinajstić information content (AvgIpc) is 3.20. The van der Waals surface area contributed by atoms with Gasteiger partial charge in [0.25, 0.3) is 0 Å². The fraction of sp³-hybridized carbons (Fsp3) is 0.684. The molecule has 160 valence electrons. The summed E-state index contributed by atoms with van der Waals surface area (Å²) in [5.41, 5.74) is 0. The first-order valence-electron chi connectivity index (χ1n) is 9.79. The van der Waals surface area contributed by atoms with Crippen LogP contribution in [-0.2, 0) is 15.9 Å². The third-order valence-corrected chi connectivity index (χ3v) is 4.25. The number of carbonyl (C=O) groups is 1. The van der Waals surface area contributed by atoms with Crippen LogP contribution in [0, 0.1) is 0 Å². The van der Waals surface area contributed by atoms with Crippen LogP contribution in [0.15, 0.2) is 27.8 Å². The Labute approximate surface area is 184 Å². The zero-order valence-electron chi connectivity index (χ0n) is 16.9. The normalized spacial score (nSPS) is 14.6. The molecule has 0 unspecified atom stereocenters. The topological polar surface area (TPSA) is 79.5 Å². The minimum atomic E-state index is -0.238. The van der Waals surface area contributed by atoms with Crippen LogP contribution in [0.5, 0.6) is 0 Å². The maximum atomic E-state index is 11.9. The molecule has 0 bridgehead atoms. The third kappa shape index (κ3) is 8.68. The van der Waals surface area contributed by atoms with Crippen molar-refractivity contribution in [1.82, 2.24) is 15.1 Å². The number of nitrogens with zero attached hydrogens (tertiary/aromatic N) is 3. The van der Waals surface area contributed by atoms with E-state index >= 15 is 0 Å². The summed E-state index contributed by atoms with van der Waals surface area (Å²) in [6.07, 6.45) is 3.14. The summed E-state index contributed by atoms with van der Waals surface area (Å²) in [4.78, 5) is 20.5. The Kier molecular flexibility index (Phi) is 12.7. The Morgan fingerprint density at radius 2 is 1.96 bits per heavy atom. The van der Waals surface area contributed by atoms with Crippen LogP contribution in [0.3, 0.4) is 0 Å². The second kappa shape index (κ2) is 14.5. The lowest BCUT2D eigenvalue weighted by Crippen LogP contribution is -2.54. The van der Waals surface area contributed by atoms with Gasteiger partial charge in [0.05, 0.1) is 12.9 Å². The largest absolute Gasteiger partial charge is 0.469 e. The van der Waals surface area contributed by atoms with Crippen LogP contribution in [0.2, 0.25) is 0 Å². The van der Waals surface area contributed by atoms with E-state index in [1.807, 2.05) is 26.0 Å². The highest BCUT2D eigenvalue weighted by Gasteiger charge is 2.23. The summed E-state index contributed by atoms with van der Waals surface area (Å²) < 4.78 is 15.8. The van der Waals surface area contributed by atoms with Crippen LogP contribution in [0.1, 0.15) is 26.0 Å². The molecular weight excluding hydrogens is 475 g/mol. The molecule has 1 N–H and O–H groups in total. The van der Waals surface area contributed by atoms with E-state index in [4.69, 9.17) is 18.9 Å². The van der Waals surface area contributed by atoms with Gasteiger partial charge >= 0.3 is 6.09 Å². The van der Waals surface area contributed by atoms with E-state index in [1.54, 1.807) is 11.2 Å². The minimum Gasteiger partial charge on any atom is -0.469 e. The van der Waals surface area contributed by atoms with E-state index < -0.39 is 0 Å². The van der Waals surface area contributed by atoms with Crippen LogP contribution in [-0.4, -0.2) is 80.9 Å². The number of halogens is 1. The number of rotatable bonds is 9. The van der Waals surface area contributed by atoms with E-state index in [9.17, 15) is 4.79 Å². The van der Waals surface area contributed by atoms with Gasteiger partial charge in [-0.25, -0.2) is 4.79 Å². The molecule has 0 aliphatic carbocycles. The number of guanidine groups is 1. The average molecular weight is 508 g/mol. The Hall–Kier alpha value is -1.49. The number of furan rings is 1. The van der Waals surface area contributed by atoms with Crippen molar-refractivity contribution in [3.8, 4) is 0 Å². The number of hydrogen-bond donors (Lipinski definition) is 1. The van der Waals surface area contributed by atoms with E-state index in [0.29, 0.717) is 26.2 Å². The van der Waals surface area contributed by atoms with Crippen molar-refractivity contribution >= 4 is 36.0 Å². The number of aliphatic imine (C=N–C) groups is 1. The van der Waals surface area contributed by atoms with Gasteiger partial charge in [0.2, 0.25) is 0 Å². The highest BCUT2D eigenvalue weighted by molar-refractivity contribution is 14.0. The van der Waals surface area contributed by atoms with Crippen molar-refractivity contribution in [1.29, 1.82) is 0 Å². The molecule has 0 saturated carbocycles. The van der Waals surface area contributed by atoms with Crippen molar-refractivity contribution < 1.29 is 18.7 Å². The third-order valence-electron chi connectivity index (χ3n) is 4.25. The van der Waals surface area contributed by atoms with E-state index in [0.717, 1.165) is 57.4 Å². The molecule has 1 aliphatic rings. The molecule has 1 aromatic rings. The first-order valence-corrected chi connectivity index (χ1v) is 9.79. The molecule has 1 amide bonds. The maximum absolute atomic E-state index is 11.9. The van der Waals surface area contributed by atoms with Crippen LogP contribution < -0.4 is 5.32 Å². The molecule has 1 saturated heterocycles. The molecule has 0 aromatic carbocycles. The van der Waals surface area contributed by atoms with Crippen LogP contribution in [0.25, 0.3) is 0 Å². The molecule has 9 heteroatoms. The zero-order valence-corrected chi connectivity index (χ0v) is 19.2. The lowest BCUT2D eigenvalue weighted by molar-refractivity contribution is 0.0914. The van der Waals surface area contributed by atoms with Gasteiger partial charge in [0.15, 0.2) is 5.96 Å². The molecule has 1 aromatic heterocycles. The molecule has 0 radical (unpaired) electrons. The smallest absolute Gasteiger partial charge is 0.409 e. The predicted octanol–water partition coefficient (Wildman–Crippen LogP) is 2.59. The molecule has 0 spiro atoms. The number of ether oxygens (including phenoxy) is 2. The molecule has 8 nitrogen and oxygen atoms in total. The van der Waals surface area contributed by atoms with E-state index in [1.165, 1.54) is 0 Å². The van der Waals surface area contributed by atoms with Crippen LogP contribution >= 0.6 is 24.0 Å². The SMILES string of the molecule is CCOCCCN=C(NCCc1ccco1)N1CCN(C(=O)OCC)CC1.I. The molecule has 0 atom stereocenters. The monoisotopic (exact) mass is 508 g/mol. The van der Waals surface area contributed by atoms with E-state index in [-0.39, 0.29) is 30.1 Å². The van der Waals surface area contributed by atoms with Crippen molar-refractivity contribution in [3.63, 3.8) is 0 Å². The second-order valence-corrected chi connectivity index (χ2v) is 6.18. The molecule has 1 aliphatic heterocycles. The molecule has 2 rings (SSSR count). The summed E-state index contributed by atoms with van der Waals surface area (Å²) in [6, 6.07) is 3.87. The lowest BCUT2D eigenvalue weighted by atomic mass is 10.3. The molecular formula is C19H33IN4O4. The molecule has 2 heterocycles. The standard InChI is InChI=1S/C19H32N4O4.HI/c1-3-25-15-6-9-20-18(21-10-8-17-7-5-16-27-17)22-11-13-23(14-12-22)19(24)26-4-2;/h5,7,16H,3-4,6,8-15H2,1-2H3,(H,20,21);1H. The Balaban J connectivity index is 0.00000392. The number of amides is 1. The number of nitrogens with one attached hydrogen (secondary N) is 1. The summed E-state index contributed by atoms with van der Waals surface area (Å²) in [6.45, 7) is 9.86. The molecule has 28 heavy (non-hydrogen) atoms. The summed E-state index contributed by atoms with van der Waals surface area (Å²) in [7, 11) is 0. The second-order valence-electron chi connectivity index (χ2n) is 6.18. The number of carbonyl (C=O) groups excluding carboxylic acids is 1. The van der Waals surface area contributed by atoms with Gasteiger partial charge in [0.1, 0.15) is 5.76 Å². The van der Waals surface area contributed by atoms with Crippen molar-refractivity contribution in [3.05, 3.63) is 24.2 Å². The first kappa shape index (κ1) is 24.5. The minimum absolute atomic E-state index is 0. The summed E-state index contributed by atoms with van der Waals surface area (Å²) >= 11 is 0.